The molecule has 0 amide bonds. The zero-order chi connectivity index (χ0) is 19.5. The van der Waals surface area contributed by atoms with Crippen molar-refractivity contribution in [2.24, 2.45) is 11.8 Å². The molecule has 3 heteroatoms. The molecule has 0 saturated carbocycles. The summed E-state index contributed by atoms with van der Waals surface area (Å²) >= 11 is 0. The molecule has 0 saturated heterocycles. The zero-order valence-electron chi connectivity index (χ0n) is 16.3. The Hall–Kier alpha value is -2.65. The number of hydrogen-bond donors (Lipinski definition) is 0. The van der Waals surface area contributed by atoms with Crippen LogP contribution in [0.5, 0.6) is 0 Å². The summed E-state index contributed by atoms with van der Waals surface area (Å²) in [6.45, 7) is 4.79. The van der Waals surface area contributed by atoms with Crippen LogP contribution in [0.2, 0.25) is 0 Å². The Labute approximate surface area is 166 Å². The van der Waals surface area contributed by atoms with Crippen molar-refractivity contribution in [3.8, 4) is 0 Å². The molecule has 0 spiro atoms. The lowest BCUT2D eigenvalue weighted by molar-refractivity contribution is -0.154. The van der Waals surface area contributed by atoms with Gasteiger partial charge in [-0.3, -0.25) is 4.79 Å². The number of aldehydes is 1. The highest BCUT2D eigenvalue weighted by molar-refractivity contribution is 5.79. The molecule has 2 aromatic rings. The molecule has 1 aliphatic carbocycles. The van der Waals surface area contributed by atoms with E-state index in [9.17, 15) is 4.79 Å². The molecular formula is C25H26O3. The van der Waals surface area contributed by atoms with Crippen LogP contribution in [0.1, 0.15) is 36.8 Å². The lowest BCUT2D eigenvalue weighted by Gasteiger charge is -2.45. The maximum Gasteiger partial charge on any atom is 0.202 e. The minimum atomic E-state index is -0.271. The summed E-state index contributed by atoms with van der Waals surface area (Å²) in [7, 11) is 0. The Morgan fingerprint density at radius 1 is 0.964 bits per heavy atom. The molecule has 28 heavy (non-hydrogen) atoms. The van der Waals surface area contributed by atoms with E-state index in [1.54, 1.807) is 6.26 Å². The average molecular weight is 374 g/mol. The third-order valence-corrected chi connectivity index (χ3v) is 5.97. The molecule has 0 N–H and O–H groups in total. The highest BCUT2D eigenvalue weighted by atomic mass is 16.7. The normalized spacial score (nSPS) is 29.1. The summed E-state index contributed by atoms with van der Waals surface area (Å²) in [6, 6.07) is 20.9. The van der Waals surface area contributed by atoms with Crippen LogP contribution in [0.4, 0.5) is 0 Å². The van der Waals surface area contributed by atoms with Crippen molar-refractivity contribution in [1.29, 1.82) is 0 Å². The fourth-order valence-electron chi connectivity index (χ4n) is 4.78. The highest BCUT2D eigenvalue weighted by Crippen LogP contribution is 2.53. The molecular weight excluding hydrogens is 348 g/mol. The lowest BCUT2D eigenvalue weighted by Crippen LogP contribution is -2.40. The van der Waals surface area contributed by atoms with Crippen LogP contribution in [-0.2, 0) is 14.3 Å². The molecule has 144 valence electrons. The van der Waals surface area contributed by atoms with Crippen molar-refractivity contribution in [1.82, 2.24) is 0 Å². The molecule has 0 bridgehead atoms. The first-order valence-electron chi connectivity index (χ1n) is 9.98. The molecule has 0 radical (unpaired) electrons. The van der Waals surface area contributed by atoms with Crippen molar-refractivity contribution >= 4 is 6.29 Å². The van der Waals surface area contributed by atoms with Gasteiger partial charge >= 0.3 is 0 Å². The quantitative estimate of drug-likeness (QED) is 0.673. The van der Waals surface area contributed by atoms with E-state index in [1.165, 1.54) is 11.1 Å². The van der Waals surface area contributed by atoms with Crippen LogP contribution >= 0.6 is 0 Å². The Bertz CT molecular complexity index is 869. The Balaban J connectivity index is 1.89. The van der Waals surface area contributed by atoms with E-state index in [0.717, 1.165) is 17.4 Å². The van der Waals surface area contributed by atoms with Gasteiger partial charge < -0.3 is 9.47 Å². The van der Waals surface area contributed by atoms with Crippen LogP contribution in [0.25, 0.3) is 0 Å². The first kappa shape index (κ1) is 18.7. The molecule has 0 unspecified atom stereocenters. The summed E-state index contributed by atoms with van der Waals surface area (Å²) < 4.78 is 11.7. The van der Waals surface area contributed by atoms with Crippen molar-refractivity contribution in [3.63, 3.8) is 0 Å². The zero-order valence-corrected chi connectivity index (χ0v) is 16.3. The number of allylic oxidation sites excluding steroid dienone is 3. The molecule has 3 nitrogen and oxygen atoms in total. The Morgan fingerprint density at radius 2 is 1.61 bits per heavy atom. The molecule has 1 heterocycles. The maximum atomic E-state index is 12.1. The van der Waals surface area contributed by atoms with Crippen molar-refractivity contribution in [2.45, 2.75) is 32.0 Å². The Morgan fingerprint density at radius 3 is 2.21 bits per heavy atom. The lowest BCUT2D eigenvalue weighted by atomic mass is 9.61. The number of hydrogen-bond acceptors (Lipinski definition) is 3. The summed E-state index contributed by atoms with van der Waals surface area (Å²) in [5.74, 6) is 0.524. The van der Waals surface area contributed by atoms with Gasteiger partial charge in [-0.25, -0.2) is 0 Å². The van der Waals surface area contributed by atoms with Gasteiger partial charge in [-0.05, 0) is 29.7 Å². The van der Waals surface area contributed by atoms with Crippen molar-refractivity contribution in [2.75, 3.05) is 6.61 Å². The largest absolute Gasteiger partial charge is 0.472 e. The second kappa shape index (κ2) is 8.15. The first-order valence-corrected chi connectivity index (χ1v) is 9.98. The van der Waals surface area contributed by atoms with E-state index in [4.69, 9.17) is 9.47 Å². The molecule has 1 aliphatic heterocycles. The van der Waals surface area contributed by atoms with Crippen LogP contribution in [0.3, 0.4) is 0 Å². The Kier molecular flexibility index (Phi) is 5.45. The number of rotatable bonds is 5. The van der Waals surface area contributed by atoms with Gasteiger partial charge in [0.2, 0.25) is 6.29 Å². The molecule has 0 aromatic heterocycles. The molecule has 2 aromatic carbocycles. The van der Waals surface area contributed by atoms with Gasteiger partial charge in [-0.1, -0.05) is 67.6 Å². The minimum Gasteiger partial charge on any atom is -0.472 e. The van der Waals surface area contributed by atoms with Gasteiger partial charge in [0.05, 0.1) is 6.26 Å². The van der Waals surface area contributed by atoms with Gasteiger partial charge in [0.25, 0.3) is 0 Å². The predicted octanol–water partition coefficient (Wildman–Crippen LogP) is 5.22. The fraction of sp³-hybridized carbons (Fsp3) is 0.320. The number of carbonyl (C=O) groups excluding carboxylic acids is 1. The second-order valence-corrected chi connectivity index (χ2v) is 7.55. The maximum absolute atomic E-state index is 12.1. The predicted molar refractivity (Wildman–Crippen MR) is 110 cm³/mol. The van der Waals surface area contributed by atoms with E-state index < -0.39 is 0 Å². The van der Waals surface area contributed by atoms with E-state index in [-0.39, 0.29) is 30.0 Å². The number of fused-ring (bicyclic) bond motifs is 1. The molecule has 5 atom stereocenters. The van der Waals surface area contributed by atoms with E-state index in [1.807, 2.05) is 37.3 Å². The third-order valence-electron chi connectivity index (χ3n) is 5.97. The molecule has 4 rings (SSSR count). The fourth-order valence-corrected chi connectivity index (χ4v) is 4.78. The van der Waals surface area contributed by atoms with E-state index >= 15 is 0 Å². The van der Waals surface area contributed by atoms with Crippen LogP contribution in [0, 0.1) is 11.8 Å². The molecule has 0 fully saturated rings. The standard InChI is InChI=1S/C25H26O3/c1-3-27-25-17(2)22-21(16-28-25)14-20(15-26)23(18-10-6-4-7-11-18)24(22)19-12-8-5-9-13-19/h4-17,22-25H,3H2,1-2H3/t17-,22-,23+,24+,25-/m1/s1. The summed E-state index contributed by atoms with van der Waals surface area (Å²) in [5.41, 5.74) is 4.28. The van der Waals surface area contributed by atoms with Crippen LogP contribution in [0.15, 0.2) is 84.1 Å². The minimum absolute atomic E-state index is 0.00563. The monoisotopic (exact) mass is 374 g/mol. The molecule has 2 aliphatic rings. The van der Waals surface area contributed by atoms with Gasteiger partial charge in [-0.2, -0.15) is 0 Å². The SMILES string of the molecule is CCO[C@@H]1OC=C2C=C(C=O)[C@H](c3ccccc3)[C@@H](c3ccccc3)[C@@H]2[C@H]1C. The average Bonchev–Trinajstić information content (AvgIpc) is 2.75. The van der Waals surface area contributed by atoms with E-state index in [0.29, 0.717) is 6.61 Å². The third kappa shape index (κ3) is 3.31. The topological polar surface area (TPSA) is 35.5 Å². The number of benzene rings is 2. The van der Waals surface area contributed by atoms with Crippen molar-refractivity contribution < 1.29 is 14.3 Å². The van der Waals surface area contributed by atoms with Crippen LogP contribution in [-0.4, -0.2) is 19.2 Å². The van der Waals surface area contributed by atoms with Gasteiger partial charge in [0.15, 0.2) is 0 Å². The number of ether oxygens (including phenoxy) is 2. The van der Waals surface area contributed by atoms with Gasteiger partial charge in [0.1, 0.15) is 6.29 Å². The highest BCUT2D eigenvalue weighted by Gasteiger charge is 2.46. The number of carbonyl (C=O) groups is 1. The smallest absolute Gasteiger partial charge is 0.202 e. The van der Waals surface area contributed by atoms with Gasteiger partial charge in [-0.15, -0.1) is 0 Å². The summed E-state index contributed by atoms with van der Waals surface area (Å²) in [4.78, 5) is 12.1. The van der Waals surface area contributed by atoms with Crippen molar-refractivity contribution in [3.05, 3.63) is 95.3 Å². The van der Waals surface area contributed by atoms with Crippen LogP contribution < -0.4 is 0 Å². The van der Waals surface area contributed by atoms with Gasteiger partial charge in [0, 0.05) is 35.9 Å². The first-order chi connectivity index (χ1) is 13.7. The summed E-state index contributed by atoms with van der Waals surface area (Å²) in [6.07, 6.45) is 4.55. The summed E-state index contributed by atoms with van der Waals surface area (Å²) in [5, 5.41) is 0. The second-order valence-electron chi connectivity index (χ2n) is 7.55. The van der Waals surface area contributed by atoms with E-state index in [2.05, 4.69) is 43.3 Å².